The SMILES string of the molecule is COc1cccc(-c2nc(-c3ccc(F)cc3)c(-c3ccncc3)[nH]2)c1. The molecule has 0 aliphatic carbocycles. The Labute approximate surface area is 150 Å². The van der Waals surface area contributed by atoms with E-state index in [-0.39, 0.29) is 5.82 Å². The number of imidazole rings is 1. The molecule has 4 nitrogen and oxygen atoms in total. The molecule has 128 valence electrons. The highest BCUT2D eigenvalue weighted by atomic mass is 19.1. The van der Waals surface area contributed by atoms with Crippen molar-refractivity contribution >= 4 is 0 Å². The van der Waals surface area contributed by atoms with Crippen molar-refractivity contribution < 1.29 is 9.13 Å². The molecule has 2 aromatic heterocycles. The summed E-state index contributed by atoms with van der Waals surface area (Å²) < 4.78 is 18.6. The van der Waals surface area contributed by atoms with Gasteiger partial charge in [0, 0.05) is 29.1 Å². The lowest BCUT2D eigenvalue weighted by Gasteiger charge is -2.02. The fourth-order valence-electron chi connectivity index (χ4n) is 2.82. The molecule has 5 heteroatoms. The zero-order valence-electron chi connectivity index (χ0n) is 14.1. The molecule has 0 fully saturated rings. The molecule has 4 aromatic rings. The molecule has 2 heterocycles. The number of hydrogen-bond acceptors (Lipinski definition) is 3. The average Bonchev–Trinajstić information content (AvgIpc) is 3.15. The van der Waals surface area contributed by atoms with E-state index in [9.17, 15) is 4.39 Å². The highest BCUT2D eigenvalue weighted by Gasteiger charge is 2.15. The van der Waals surface area contributed by atoms with Gasteiger partial charge in [0.1, 0.15) is 17.4 Å². The van der Waals surface area contributed by atoms with Crippen LogP contribution in [0.1, 0.15) is 0 Å². The molecule has 0 amide bonds. The fourth-order valence-corrected chi connectivity index (χ4v) is 2.82. The van der Waals surface area contributed by atoms with Gasteiger partial charge in [0.05, 0.1) is 18.5 Å². The van der Waals surface area contributed by atoms with E-state index < -0.39 is 0 Å². The average molecular weight is 345 g/mol. The van der Waals surface area contributed by atoms with E-state index in [4.69, 9.17) is 9.72 Å². The molecule has 4 rings (SSSR count). The van der Waals surface area contributed by atoms with Gasteiger partial charge in [-0.15, -0.1) is 0 Å². The summed E-state index contributed by atoms with van der Waals surface area (Å²) in [7, 11) is 1.63. The Morgan fingerprint density at radius 3 is 2.38 bits per heavy atom. The summed E-state index contributed by atoms with van der Waals surface area (Å²) in [6, 6.07) is 17.8. The summed E-state index contributed by atoms with van der Waals surface area (Å²) in [5, 5.41) is 0. The van der Waals surface area contributed by atoms with Gasteiger partial charge in [-0.3, -0.25) is 4.98 Å². The largest absolute Gasteiger partial charge is 0.497 e. The van der Waals surface area contributed by atoms with E-state index in [2.05, 4.69) is 9.97 Å². The lowest BCUT2D eigenvalue weighted by molar-refractivity contribution is 0.415. The molecule has 0 aliphatic heterocycles. The lowest BCUT2D eigenvalue weighted by Crippen LogP contribution is -1.85. The topological polar surface area (TPSA) is 50.8 Å². The van der Waals surface area contributed by atoms with Crippen LogP contribution >= 0.6 is 0 Å². The third-order valence-corrected chi connectivity index (χ3v) is 4.13. The third kappa shape index (κ3) is 3.07. The highest BCUT2D eigenvalue weighted by molar-refractivity contribution is 5.81. The summed E-state index contributed by atoms with van der Waals surface area (Å²) in [5.74, 6) is 1.20. The first kappa shape index (κ1) is 16.0. The van der Waals surface area contributed by atoms with E-state index in [1.165, 1.54) is 12.1 Å². The van der Waals surface area contributed by atoms with Crippen molar-refractivity contribution in [1.29, 1.82) is 0 Å². The molecule has 0 spiro atoms. The van der Waals surface area contributed by atoms with Crippen molar-refractivity contribution in [2.75, 3.05) is 7.11 Å². The smallest absolute Gasteiger partial charge is 0.138 e. The molecule has 26 heavy (non-hydrogen) atoms. The van der Waals surface area contributed by atoms with Crippen LogP contribution in [0.2, 0.25) is 0 Å². The van der Waals surface area contributed by atoms with Crippen molar-refractivity contribution in [1.82, 2.24) is 15.0 Å². The number of aromatic amines is 1. The maximum absolute atomic E-state index is 13.3. The van der Waals surface area contributed by atoms with Gasteiger partial charge in [-0.1, -0.05) is 12.1 Å². The van der Waals surface area contributed by atoms with Gasteiger partial charge in [-0.2, -0.15) is 0 Å². The van der Waals surface area contributed by atoms with Crippen molar-refractivity contribution in [3.8, 4) is 39.7 Å². The minimum absolute atomic E-state index is 0.275. The maximum atomic E-state index is 13.3. The van der Waals surface area contributed by atoms with Crippen LogP contribution in [0.4, 0.5) is 4.39 Å². The Hall–Kier alpha value is -3.47. The summed E-state index contributed by atoms with van der Waals surface area (Å²) in [6.07, 6.45) is 3.46. The van der Waals surface area contributed by atoms with E-state index >= 15 is 0 Å². The van der Waals surface area contributed by atoms with Crippen molar-refractivity contribution in [2.45, 2.75) is 0 Å². The summed E-state index contributed by atoms with van der Waals surface area (Å²) in [4.78, 5) is 12.2. The molecular formula is C21H16FN3O. The number of rotatable bonds is 4. The van der Waals surface area contributed by atoms with Gasteiger partial charge in [0.2, 0.25) is 0 Å². The van der Waals surface area contributed by atoms with Gasteiger partial charge in [-0.25, -0.2) is 9.37 Å². The Morgan fingerprint density at radius 2 is 1.65 bits per heavy atom. The number of nitrogens with zero attached hydrogens (tertiary/aromatic N) is 2. The van der Waals surface area contributed by atoms with Crippen LogP contribution in [-0.2, 0) is 0 Å². The summed E-state index contributed by atoms with van der Waals surface area (Å²) in [5.41, 5.74) is 4.32. The second kappa shape index (κ2) is 6.80. The number of methoxy groups -OCH3 is 1. The Balaban J connectivity index is 1.88. The molecule has 0 unspecified atom stereocenters. The molecule has 0 aliphatic rings. The number of H-pyrrole nitrogens is 1. The second-order valence-electron chi connectivity index (χ2n) is 5.78. The predicted octanol–water partition coefficient (Wildman–Crippen LogP) is 4.95. The van der Waals surface area contributed by atoms with Gasteiger partial charge in [-0.05, 0) is 48.5 Å². The van der Waals surface area contributed by atoms with Crippen LogP contribution in [0.15, 0.2) is 73.1 Å². The van der Waals surface area contributed by atoms with Crippen LogP contribution < -0.4 is 4.74 Å². The van der Waals surface area contributed by atoms with Crippen LogP contribution in [0.5, 0.6) is 5.75 Å². The zero-order chi connectivity index (χ0) is 17.9. The lowest BCUT2D eigenvalue weighted by atomic mass is 10.1. The number of benzene rings is 2. The Morgan fingerprint density at radius 1 is 0.885 bits per heavy atom. The summed E-state index contributed by atoms with van der Waals surface area (Å²) >= 11 is 0. The van der Waals surface area contributed by atoms with Crippen LogP contribution in [0, 0.1) is 5.82 Å². The number of aromatic nitrogens is 3. The molecule has 0 bridgehead atoms. The third-order valence-electron chi connectivity index (χ3n) is 4.13. The van der Waals surface area contributed by atoms with E-state index in [1.807, 2.05) is 36.4 Å². The normalized spacial score (nSPS) is 10.7. The molecule has 2 aromatic carbocycles. The first-order chi connectivity index (χ1) is 12.7. The van der Waals surface area contributed by atoms with Crippen LogP contribution in [-0.4, -0.2) is 22.1 Å². The van der Waals surface area contributed by atoms with E-state index in [0.717, 1.165) is 39.7 Å². The monoisotopic (exact) mass is 345 g/mol. The molecule has 1 N–H and O–H groups in total. The molecular weight excluding hydrogens is 329 g/mol. The second-order valence-corrected chi connectivity index (χ2v) is 5.78. The number of pyridine rings is 1. The van der Waals surface area contributed by atoms with Gasteiger partial charge >= 0.3 is 0 Å². The van der Waals surface area contributed by atoms with Gasteiger partial charge in [0.15, 0.2) is 0 Å². The van der Waals surface area contributed by atoms with E-state index in [0.29, 0.717) is 0 Å². The summed E-state index contributed by atoms with van der Waals surface area (Å²) in [6.45, 7) is 0. The maximum Gasteiger partial charge on any atom is 0.138 e. The minimum Gasteiger partial charge on any atom is -0.497 e. The number of nitrogens with one attached hydrogen (secondary N) is 1. The Bertz CT molecular complexity index is 1030. The Kier molecular flexibility index (Phi) is 4.19. The zero-order valence-corrected chi connectivity index (χ0v) is 14.1. The predicted molar refractivity (Wildman–Crippen MR) is 99.2 cm³/mol. The molecule has 0 saturated heterocycles. The van der Waals surface area contributed by atoms with Crippen molar-refractivity contribution in [3.05, 3.63) is 78.9 Å². The number of halogens is 1. The first-order valence-electron chi connectivity index (χ1n) is 8.15. The van der Waals surface area contributed by atoms with Crippen LogP contribution in [0.3, 0.4) is 0 Å². The highest BCUT2D eigenvalue weighted by Crippen LogP contribution is 2.33. The van der Waals surface area contributed by atoms with Crippen molar-refractivity contribution in [3.63, 3.8) is 0 Å². The number of hydrogen-bond donors (Lipinski definition) is 1. The quantitative estimate of drug-likeness (QED) is 0.569. The van der Waals surface area contributed by atoms with E-state index in [1.54, 1.807) is 31.6 Å². The fraction of sp³-hybridized carbons (Fsp3) is 0.0476. The first-order valence-corrected chi connectivity index (χ1v) is 8.15. The minimum atomic E-state index is -0.275. The molecule has 0 atom stereocenters. The van der Waals surface area contributed by atoms with Gasteiger partial charge < -0.3 is 9.72 Å². The van der Waals surface area contributed by atoms with Gasteiger partial charge in [0.25, 0.3) is 0 Å². The molecule has 0 radical (unpaired) electrons. The van der Waals surface area contributed by atoms with Crippen LogP contribution in [0.25, 0.3) is 33.9 Å². The van der Waals surface area contributed by atoms with Crippen molar-refractivity contribution in [2.24, 2.45) is 0 Å². The standard InChI is InChI=1S/C21H16FN3O/c1-26-18-4-2-3-16(13-18)21-24-19(14-5-7-17(22)8-6-14)20(25-21)15-9-11-23-12-10-15/h2-13H,1H3,(H,24,25). The number of ether oxygens (including phenoxy) is 1. The molecule has 0 saturated carbocycles.